The molecule has 130 valence electrons. The summed E-state index contributed by atoms with van der Waals surface area (Å²) in [6.45, 7) is 2.03. The molecule has 2 aromatic carbocycles. The summed E-state index contributed by atoms with van der Waals surface area (Å²) >= 11 is 1.87. The molecule has 0 amide bonds. The zero-order valence-corrected chi connectivity index (χ0v) is 16.4. The molecule has 2 aromatic rings. The summed E-state index contributed by atoms with van der Waals surface area (Å²) in [5, 5.41) is 0. The van der Waals surface area contributed by atoms with Crippen LogP contribution in [-0.4, -0.2) is 57.1 Å². The number of hydrogen-bond donors (Lipinski definition) is 0. The van der Waals surface area contributed by atoms with Gasteiger partial charge in [-0.3, -0.25) is 0 Å². The quantitative estimate of drug-likeness (QED) is 0.787. The lowest BCUT2D eigenvalue weighted by molar-refractivity contribution is 0.233. The molecule has 0 saturated carbocycles. The molecule has 0 aliphatic carbocycles. The van der Waals surface area contributed by atoms with E-state index in [4.69, 9.17) is 0 Å². The second-order valence-corrected chi connectivity index (χ2v) is 7.61. The van der Waals surface area contributed by atoms with Crippen molar-refractivity contribution in [3.05, 3.63) is 48.5 Å². The maximum absolute atomic E-state index is 2.48. The number of nitrogens with zero attached hydrogens (tertiary/aromatic N) is 3. The molecule has 5 heteroatoms. The van der Waals surface area contributed by atoms with Crippen molar-refractivity contribution in [3.8, 4) is 0 Å². The largest absolute Gasteiger partial charge is 0.338 e. The summed E-state index contributed by atoms with van der Waals surface area (Å²) < 4.78 is 0. The third-order valence-electron chi connectivity index (χ3n) is 4.23. The van der Waals surface area contributed by atoms with Crippen LogP contribution in [0.25, 0.3) is 0 Å². The van der Waals surface area contributed by atoms with E-state index in [9.17, 15) is 0 Å². The molecule has 0 aromatic heterocycles. The van der Waals surface area contributed by atoms with Gasteiger partial charge in [-0.05, 0) is 52.5 Å². The topological polar surface area (TPSA) is 9.72 Å². The molecule has 0 saturated heterocycles. The van der Waals surface area contributed by atoms with Gasteiger partial charge in [0.1, 0.15) is 0 Å². The number of halogens is 1. The van der Waals surface area contributed by atoms with Gasteiger partial charge in [-0.25, -0.2) is 0 Å². The highest BCUT2D eigenvalue weighted by atomic mass is 35.5. The van der Waals surface area contributed by atoms with E-state index >= 15 is 0 Å². The summed E-state index contributed by atoms with van der Waals surface area (Å²) in [6.07, 6.45) is 0. The van der Waals surface area contributed by atoms with E-state index in [0.29, 0.717) is 6.04 Å². The minimum atomic E-state index is 0. The van der Waals surface area contributed by atoms with Crippen LogP contribution in [0.2, 0.25) is 0 Å². The van der Waals surface area contributed by atoms with Crippen LogP contribution < -0.4 is 4.90 Å². The normalized spacial score (nSPS) is 14.2. The molecular formula is C19H26ClN3S. The number of anilines is 2. The lowest BCUT2D eigenvalue weighted by Gasteiger charge is -2.38. The van der Waals surface area contributed by atoms with Crippen molar-refractivity contribution in [2.45, 2.75) is 15.8 Å². The van der Waals surface area contributed by atoms with E-state index < -0.39 is 0 Å². The van der Waals surface area contributed by atoms with Crippen LogP contribution in [0.5, 0.6) is 0 Å². The van der Waals surface area contributed by atoms with Crippen LogP contribution in [0, 0.1) is 0 Å². The molecule has 1 aliphatic rings. The highest BCUT2D eigenvalue weighted by molar-refractivity contribution is 7.99. The van der Waals surface area contributed by atoms with Crippen LogP contribution in [0.1, 0.15) is 0 Å². The van der Waals surface area contributed by atoms with E-state index in [0.717, 1.165) is 13.1 Å². The molecule has 1 aliphatic heterocycles. The van der Waals surface area contributed by atoms with Crippen molar-refractivity contribution >= 4 is 35.5 Å². The van der Waals surface area contributed by atoms with Gasteiger partial charge in [0.05, 0.1) is 11.4 Å². The van der Waals surface area contributed by atoms with Gasteiger partial charge in [-0.1, -0.05) is 36.0 Å². The minimum Gasteiger partial charge on any atom is -0.338 e. The molecule has 0 bridgehead atoms. The summed E-state index contributed by atoms with van der Waals surface area (Å²) in [4.78, 5) is 9.76. The Morgan fingerprint density at radius 3 is 1.83 bits per heavy atom. The lowest BCUT2D eigenvalue weighted by Crippen LogP contribution is -2.45. The Labute approximate surface area is 156 Å². The maximum atomic E-state index is 2.48. The van der Waals surface area contributed by atoms with Gasteiger partial charge in [0.15, 0.2) is 0 Å². The second kappa shape index (κ2) is 8.26. The van der Waals surface area contributed by atoms with Crippen molar-refractivity contribution in [1.29, 1.82) is 0 Å². The summed E-state index contributed by atoms with van der Waals surface area (Å²) in [6, 6.07) is 17.9. The van der Waals surface area contributed by atoms with Crippen LogP contribution in [0.4, 0.5) is 11.4 Å². The van der Waals surface area contributed by atoms with Gasteiger partial charge in [-0.15, -0.1) is 12.4 Å². The fraction of sp³-hybridized carbons (Fsp3) is 0.368. The van der Waals surface area contributed by atoms with E-state index in [1.54, 1.807) is 0 Å². The first kappa shape index (κ1) is 19.1. The molecule has 3 rings (SSSR count). The Morgan fingerprint density at radius 1 is 0.875 bits per heavy atom. The zero-order chi connectivity index (χ0) is 16.4. The van der Waals surface area contributed by atoms with E-state index in [1.165, 1.54) is 21.2 Å². The van der Waals surface area contributed by atoms with Crippen molar-refractivity contribution in [2.24, 2.45) is 0 Å². The summed E-state index contributed by atoms with van der Waals surface area (Å²) in [5.41, 5.74) is 2.64. The van der Waals surface area contributed by atoms with E-state index in [-0.39, 0.29) is 12.4 Å². The molecule has 0 spiro atoms. The van der Waals surface area contributed by atoms with Crippen molar-refractivity contribution in [3.63, 3.8) is 0 Å². The molecule has 0 radical (unpaired) electrons. The van der Waals surface area contributed by atoms with E-state index in [2.05, 4.69) is 91.4 Å². The van der Waals surface area contributed by atoms with Crippen molar-refractivity contribution in [1.82, 2.24) is 9.80 Å². The van der Waals surface area contributed by atoms with Crippen molar-refractivity contribution in [2.75, 3.05) is 46.2 Å². The second-order valence-electron chi connectivity index (χ2n) is 6.53. The van der Waals surface area contributed by atoms with Crippen LogP contribution in [-0.2, 0) is 0 Å². The number of benzene rings is 2. The first-order valence-corrected chi connectivity index (χ1v) is 8.82. The van der Waals surface area contributed by atoms with Gasteiger partial charge >= 0.3 is 0 Å². The van der Waals surface area contributed by atoms with Gasteiger partial charge < -0.3 is 14.7 Å². The van der Waals surface area contributed by atoms with Crippen LogP contribution in [0.15, 0.2) is 58.3 Å². The SMILES string of the molecule is CN(C)C[C@@H](CN1c2ccccc2Sc2ccccc21)N(C)C.Cl. The average molecular weight is 364 g/mol. The Kier molecular flexibility index (Phi) is 6.58. The van der Waals surface area contributed by atoms with Crippen LogP contribution in [0.3, 0.4) is 0 Å². The predicted octanol–water partition coefficient (Wildman–Crippen LogP) is 4.20. The van der Waals surface area contributed by atoms with Gasteiger partial charge in [-0.2, -0.15) is 0 Å². The summed E-state index contributed by atoms with van der Waals surface area (Å²) in [5.74, 6) is 0. The number of likely N-dealkylation sites (N-methyl/N-ethyl adjacent to an activating group) is 2. The highest BCUT2D eigenvalue weighted by Crippen LogP contribution is 2.47. The maximum Gasteiger partial charge on any atom is 0.0553 e. The number of para-hydroxylation sites is 2. The smallest absolute Gasteiger partial charge is 0.0553 e. The minimum absolute atomic E-state index is 0. The molecule has 24 heavy (non-hydrogen) atoms. The first-order chi connectivity index (χ1) is 11.1. The van der Waals surface area contributed by atoms with Gasteiger partial charge in [0.25, 0.3) is 0 Å². The van der Waals surface area contributed by atoms with Gasteiger partial charge in [0, 0.05) is 28.9 Å². The van der Waals surface area contributed by atoms with E-state index in [1.807, 2.05) is 11.8 Å². The molecule has 1 heterocycles. The lowest BCUT2D eigenvalue weighted by atomic mass is 10.1. The Balaban J connectivity index is 0.00000208. The fourth-order valence-electron chi connectivity index (χ4n) is 2.99. The standard InChI is InChI=1S/C19H25N3S.ClH/c1-20(2)13-15(21(3)4)14-22-16-9-5-7-11-18(16)23-19-12-8-6-10-17(19)22;/h5-12,15H,13-14H2,1-4H3;1H/t15-;/m0./s1. The number of rotatable bonds is 5. The monoisotopic (exact) mass is 363 g/mol. The molecule has 0 N–H and O–H groups in total. The Hall–Kier alpha value is -1.20. The molecule has 1 atom stereocenters. The molecular weight excluding hydrogens is 338 g/mol. The molecule has 3 nitrogen and oxygen atoms in total. The third kappa shape index (κ3) is 4.06. The highest BCUT2D eigenvalue weighted by Gasteiger charge is 2.26. The number of fused-ring (bicyclic) bond motifs is 2. The zero-order valence-electron chi connectivity index (χ0n) is 14.8. The summed E-state index contributed by atoms with van der Waals surface area (Å²) in [7, 11) is 8.63. The molecule has 0 unspecified atom stereocenters. The Bertz CT molecular complexity index is 630. The third-order valence-corrected chi connectivity index (χ3v) is 5.36. The Morgan fingerprint density at radius 2 is 1.38 bits per heavy atom. The predicted molar refractivity (Wildman–Crippen MR) is 107 cm³/mol. The molecule has 0 fully saturated rings. The first-order valence-electron chi connectivity index (χ1n) is 8.01. The van der Waals surface area contributed by atoms with Crippen LogP contribution >= 0.6 is 24.2 Å². The number of hydrogen-bond acceptors (Lipinski definition) is 4. The van der Waals surface area contributed by atoms with Crippen molar-refractivity contribution < 1.29 is 0 Å². The van der Waals surface area contributed by atoms with Gasteiger partial charge in [0.2, 0.25) is 0 Å². The fourth-order valence-corrected chi connectivity index (χ4v) is 4.09. The average Bonchev–Trinajstić information content (AvgIpc) is 2.53.